The van der Waals surface area contributed by atoms with Crippen LogP contribution in [0.1, 0.15) is 53.3 Å². The minimum absolute atomic E-state index is 0.0532. The Morgan fingerprint density at radius 3 is 1.95 bits per heavy atom. The number of rotatable bonds is 5. The number of hydrogen-bond acceptors (Lipinski definition) is 7. The zero-order chi connectivity index (χ0) is 16.5. The Bertz CT molecular complexity index is 616. The number of carboxylic acid groups (broad SMARTS) is 1. The van der Waals surface area contributed by atoms with Gasteiger partial charge in [0.2, 0.25) is 11.5 Å². The fourth-order valence-corrected chi connectivity index (χ4v) is 1.58. The summed E-state index contributed by atoms with van der Waals surface area (Å²) in [6.45, 7) is 5.83. The highest BCUT2D eigenvalue weighted by atomic mass is 16.5. The third-order valence-electron chi connectivity index (χ3n) is 2.61. The van der Waals surface area contributed by atoms with Gasteiger partial charge in [-0.1, -0.05) is 13.8 Å². The van der Waals surface area contributed by atoms with E-state index in [2.05, 4.69) is 14.4 Å². The molecule has 0 aliphatic rings. The van der Waals surface area contributed by atoms with Crippen LogP contribution in [-0.2, 0) is 17.6 Å². The fraction of sp³-hybridized carbons (Fsp3) is 0.429. The second kappa shape index (κ2) is 8.60. The van der Waals surface area contributed by atoms with Gasteiger partial charge >= 0.3 is 11.9 Å². The second-order valence-corrected chi connectivity index (χ2v) is 3.99. The van der Waals surface area contributed by atoms with Crippen LogP contribution >= 0.6 is 0 Å². The Morgan fingerprint density at radius 2 is 1.55 bits per heavy atom. The van der Waals surface area contributed by atoms with E-state index in [9.17, 15) is 9.59 Å². The van der Waals surface area contributed by atoms with Crippen molar-refractivity contribution in [3.8, 4) is 0 Å². The van der Waals surface area contributed by atoms with Crippen LogP contribution < -0.4 is 0 Å². The van der Waals surface area contributed by atoms with E-state index in [0.717, 1.165) is 6.39 Å². The molecule has 0 atom stereocenters. The highest BCUT2D eigenvalue weighted by Gasteiger charge is 2.16. The van der Waals surface area contributed by atoms with Gasteiger partial charge in [-0.15, -0.1) is 0 Å². The number of aromatic nitrogens is 2. The molecule has 0 fully saturated rings. The summed E-state index contributed by atoms with van der Waals surface area (Å²) in [5.74, 6) is -1.33. The van der Waals surface area contributed by atoms with Crippen LogP contribution in [0.2, 0.25) is 0 Å². The van der Waals surface area contributed by atoms with E-state index < -0.39 is 11.9 Å². The van der Waals surface area contributed by atoms with Gasteiger partial charge in [0.05, 0.1) is 18.0 Å². The molecule has 2 aromatic rings. The molecule has 0 spiro atoms. The molecule has 0 bridgehead atoms. The number of nitrogens with zero attached hydrogens (tertiary/aromatic N) is 2. The van der Waals surface area contributed by atoms with Crippen molar-refractivity contribution >= 4 is 11.9 Å². The molecule has 0 saturated carbocycles. The monoisotopic (exact) mass is 310 g/mol. The molecule has 0 aliphatic carbocycles. The summed E-state index contributed by atoms with van der Waals surface area (Å²) >= 11 is 0. The molecule has 8 nitrogen and oxygen atoms in total. The summed E-state index contributed by atoms with van der Waals surface area (Å²) in [5.41, 5.74) is 1.14. The average Bonchev–Trinajstić information content (AvgIpc) is 3.16. The number of aryl methyl sites for hydroxylation is 2. The van der Waals surface area contributed by atoms with Gasteiger partial charge in [0, 0.05) is 0 Å². The average molecular weight is 310 g/mol. The maximum absolute atomic E-state index is 11.1. The Kier molecular flexibility index (Phi) is 6.81. The van der Waals surface area contributed by atoms with Crippen molar-refractivity contribution < 1.29 is 28.3 Å². The molecule has 0 amide bonds. The first-order valence-electron chi connectivity index (χ1n) is 6.80. The molecular formula is C14H18N2O6. The molecule has 120 valence electrons. The van der Waals surface area contributed by atoms with Crippen LogP contribution in [0, 0.1) is 0 Å². The molecule has 0 saturated heterocycles. The molecule has 1 N–H and O–H groups in total. The lowest BCUT2D eigenvalue weighted by Gasteiger charge is -1.97. The standard InChI is InChI=1S/C8H11NO3.C6H7NO3/c1-3-6-7(12-5-9-6)8(10)11-4-2;1-2-4-5(6(8)9)10-3-7-4/h5H,3-4H2,1-2H3;3H,2H2,1H3,(H,8,9). The number of oxazole rings is 2. The Balaban J connectivity index is 0.000000224. The first-order valence-corrected chi connectivity index (χ1v) is 6.80. The van der Waals surface area contributed by atoms with Crippen LogP contribution in [0.3, 0.4) is 0 Å². The molecule has 0 unspecified atom stereocenters. The van der Waals surface area contributed by atoms with E-state index in [0.29, 0.717) is 30.8 Å². The molecule has 2 aromatic heterocycles. The molecule has 0 aromatic carbocycles. The van der Waals surface area contributed by atoms with Crippen molar-refractivity contribution in [1.29, 1.82) is 0 Å². The molecule has 2 rings (SSSR count). The number of esters is 1. The van der Waals surface area contributed by atoms with Crippen LogP contribution in [0.5, 0.6) is 0 Å². The molecule has 0 radical (unpaired) electrons. The van der Waals surface area contributed by atoms with Gasteiger partial charge in [-0.05, 0) is 19.8 Å². The Labute approximate surface area is 127 Å². The molecular weight excluding hydrogens is 292 g/mol. The minimum atomic E-state index is -1.06. The number of ether oxygens (including phenoxy) is 1. The van der Waals surface area contributed by atoms with Gasteiger partial charge in [0.1, 0.15) is 0 Å². The zero-order valence-corrected chi connectivity index (χ0v) is 12.7. The number of hydrogen-bond donors (Lipinski definition) is 1. The van der Waals surface area contributed by atoms with Crippen molar-refractivity contribution in [2.24, 2.45) is 0 Å². The van der Waals surface area contributed by atoms with E-state index in [1.54, 1.807) is 6.92 Å². The number of aromatic carboxylic acids is 1. The number of carbonyl (C=O) groups excluding carboxylic acids is 1. The van der Waals surface area contributed by atoms with Gasteiger partial charge in [-0.25, -0.2) is 19.6 Å². The third-order valence-corrected chi connectivity index (χ3v) is 2.61. The van der Waals surface area contributed by atoms with Crippen molar-refractivity contribution in [2.75, 3.05) is 6.61 Å². The maximum Gasteiger partial charge on any atom is 0.376 e. The molecule has 2 heterocycles. The topological polar surface area (TPSA) is 116 Å². The minimum Gasteiger partial charge on any atom is -0.475 e. The van der Waals surface area contributed by atoms with Crippen LogP contribution in [-0.4, -0.2) is 33.6 Å². The summed E-state index contributed by atoms with van der Waals surface area (Å²) in [6.07, 6.45) is 3.65. The lowest BCUT2D eigenvalue weighted by molar-refractivity contribution is 0.0488. The first-order chi connectivity index (χ1) is 10.5. The summed E-state index contributed by atoms with van der Waals surface area (Å²) in [7, 11) is 0. The second-order valence-electron chi connectivity index (χ2n) is 3.99. The quantitative estimate of drug-likeness (QED) is 0.836. The molecule has 8 heteroatoms. The zero-order valence-electron chi connectivity index (χ0n) is 12.7. The maximum atomic E-state index is 11.1. The highest BCUT2D eigenvalue weighted by Crippen LogP contribution is 2.08. The van der Waals surface area contributed by atoms with Crippen molar-refractivity contribution in [1.82, 2.24) is 9.97 Å². The smallest absolute Gasteiger partial charge is 0.376 e. The van der Waals surface area contributed by atoms with Crippen molar-refractivity contribution in [3.63, 3.8) is 0 Å². The predicted molar refractivity (Wildman–Crippen MR) is 74.7 cm³/mol. The fourth-order valence-electron chi connectivity index (χ4n) is 1.58. The predicted octanol–water partition coefficient (Wildman–Crippen LogP) is 2.35. The van der Waals surface area contributed by atoms with Crippen LogP contribution in [0.15, 0.2) is 21.6 Å². The van der Waals surface area contributed by atoms with Gasteiger partial charge in [-0.3, -0.25) is 0 Å². The molecule has 22 heavy (non-hydrogen) atoms. The van der Waals surface area contributed by atoms with Gasteiger partial charge < -0.3 is 18.7 Å². The summed E-state index contributed by atoms with van der Waals surface area (Å²) in [4.78, 5) is 29.0. The van der Waals surface area contributed by atoms with E-state index in [1.165, 1.54) is 6.39 Å². The summed E-state index contributed by atoms with van der Waals surface area (Å²) < 4.78 is 14.2. The third kappa shape index (κ3) is 4.44. The van der Waals surface area contributed by atoms with Gasteiger partial charge in [0.15, 0.2) is 12.8 Å². The largest absolute Gasteiger partial charge is 0.475 e. The van der Waals surface area contributed by atoms with E-state index >= 15 is 0 Å². The lowest BCUT2D eigenvalue weighted by atomic mass is 10.3. The lowest BCUT2D eigenvalue weighted by Crippen LogP contribution is -2.05. The normalized spacial score (nSPS) is 9.77. The van der Waals surface area contributed by atoms with E-state index in [1.807, 2.05) is 13.8 Å². The van der Waals surface area contributed by atoms with Crippen molar-refractivity contribution in [2.45, 2.75) is 33.6 Å². The highest BCUT2D eigenvalue weighted by molar-refractivity contribution is 5.87. The van der Waals surface area contributed by atoms with Crippen molar-refractivity contribution in [3.05, 3.63) is 35.7 Å². The summed E-state index contributed by atoms with van der Waals surface area (Å²) in [5, 5.41) is 8.45. The van der Waals surface area contributed by atoms with E-state index in [4.69, 9.17) is 14.3 Å². The van der Waals surface area contributed by atoms with Gasteiger partial charge in [-0.2, -0.15) is 0 Å². The Hall–Kier alpha value is -2.64. The number of carbonyl (C=O) groups is 2. The SMILES string of the molecule is CCOC(=O)c1ocnc1CC.CCc1ncoc1C(=O)O. The van der Waals surface area contributed by atoms with Gasteiger partial charge in [0.25, 0.3) is 0 Å². The summed E-state index contributed by atoms with van der Waals surface area (Å²) in [6, 6.07) is 0. The van der Waals surface area contributed by atoms with Crippen LogP contribution in [0.4, 0.5) is 0 Å². The Morgan fingerprint density at radius 1 is 1.05 bits per heavy atom. The first kappa shape index (κ1) is 17.4. The van der Waals surface area contributed by atoms with E-state index in [-0.39, 0.29) is 11.5 Å². The van der Waals surface area contributed by atoms with Crippen LogP contribution in [0.25, 0.3) is 0 Å². The molecule has 0 aliphatic heterocycles. The number of carboxylic acids is 1.